The molecule has 4 nitrogen and oxygen atoms in total. The van der Waals surface area contributed by atoms with Gasteiger partial charge in [-0.2, -0.15) is 0 Å². The standard InChI is InChI=1S/C14H21NO3/c1-4-18-12-7-5-6-11(8-12)9-15-13(10(2)3)14(16)17/h5-8,10,13,15H,4,9H2,1-3H3,(H,16,17)/t13-/m0/s1. The Labute approximate surface area is 108 Å². The van der Waals surface area contributed by atoms with E-state index in [9.17, 15) is 4.79 Å². The number of benzene rings is 1. The molecule has 1 aromatic rings. The maximum absolute atomic E-state index is 11.0. The topological polar surface area (TPSA) is 58.6 Å². The lowest BCUT2D eigenvalue weighted by atomic mass is 10.0. The summed E-state index contributed by atoms with van der Waals surface area (Å²) in [6.45, 7) is 6.87. The van der Waals surface area contributed by atoms with Crippen molar-refractivity contribution < 1.29 is 14.6 Å². The first-order valence-corrected chi connectivity index (χ1v) is 6.22. The highest BCUT2D eigenvalue weighted by Gasteiger charge is 2.20. The minimum absolute atomic E-state index is 0.0533. The summed E-state index contributed by atoms with van der Waals surface area (Å²) in [6, 6.07) is 7.16. The average molecular weight is 251 g/mol. The van der Waals surface area contributed by atoms with Crippen molar-refractivity contribution in [2.75, 3.05) is 6.61 Å². The van der Waals surface area contributed by atoms with E-state index in [1.54, 1.807) is 0 Å². The van der Waals surface area contributed by atoms with Crippen molar-refractivity contribution in [3.8, 4) is 5.75 Å². The maximum atomic E-state index is 11.0. The smallest absolute Gasteiger partial charge is 0.320 e. The molecule has 100 valence electrons. The molecule has 0 aliphatic heterocycles. The fraction of sp³-hybridized carbons (Fsp3) is 0.500. The van der Waals surface area contributed by atoms with Crippen LogP contribution in [0.25, 0.3) is 0 Å². The van der Waals surface area contributed by atoms with Crippen LogP contribution in [0.2, 0.25) is 0 Å². The Hall–Kier alpha value is -1.55. The van der Waals surface area contributed by atoms with Gasteiger partial charge >= 0.3 is 5.97 Å². The number of ether oxygens (including phenoxy) is 1. The van der Waals surface area contributed by atoms with Crippen LogP contribution < -0.4 is 10.1 Å². The van der Waals surface area contributed by atoms with Crippen molar-refractivity contribution in [1.82, 2.24) is 5.32 Å². The predicted octanol–water partition coefficient (Wildman–Crippen LogP) is 2.28. The van der Waals surface area contributed by atoms with E-state index in [0.717, 1.165) is 11.3 Å². The van der Waals surface area contributed by atoms with Gasteiger partial charge in [-0.15, -0.1) is 0 Å². The normalized spacial score (nSPS) is 12.4. The zero-order chi connectivity index (χ0) is 13.5. The Morgan fingerprint density at radius 2 is 2.17 bits per heavy atom. The molecular weight excluding hydrogens is 230 g/mol. The van der Waals surface area contributed by atoms with Crippen molar-refractivity contribution >= 4 is 5.97 Å². The lowest BCUT2D eigenvalue weighted by Gasteiger charge is -2.18. The molecule has 0 aliphatic rings. The van der Waals surface area contributed by atoms with E-state index in [1.165, 1.54) is 0 Å². The number of aliphatic carboxylic acids is 1. The number of carboxylic acid groups (broad SMARTS) is 1. The first-order chi connectivity index (χ1) is 8.54. The molecular formula is C14H21NO3. The SMILES string of the molecule is CCOc1cccc(CN[C@H](C(=O)O)C(C)C)c1. The Kier molecular flexibility index (Phi) is 5.65. The van der Waals surface area contributed by atoms with Crippen LogP contribution in [0, 0.1) is 5.92 Å². The molecule has 0 aromatic heterocycles. The second-order valence-corrected chi connectivity index (χ2v) is 4.52. The molecule has 18 heavy (non-hydrogen) atoms. The summed E-state index contributed by atoms with van der Waals surface area (Å²) in [6.07, 6.45) is 0. The van der Waals surface area contributed by atoms with Gasteiger partial charge in [0.25, 0.3) is 0 Å². The summed E-state index contributed by atoms with van der Waals surface area (Å²) in [5, 5.41) is 12.1. The van der Waals surface area contributed by atoms with Gasteiger partial charge in [-0.3, -0.25) is 4.79 Å². The summed E-state index contributed by atoms with van der Waals surface area (Å²) < 4.78 is 5.40. The first kappa shape index (κ1) is 14.5. The van der Waals surface area contributed by atoms with E-state index in [0.29, 0.717) is 13.2 Å². The van der Waals surface area contributed by atoms with Crippen LogP contribution in [-0.4, -0.2) is 23.7 Å². The molecule has 0 aliphatic carbocycles. The largest absolute Gasteiger partial charge is 0.494 e. The van der Waals surface area contributed by atoms with Crippen LogP contribution in [0.4, 0.5) is 0 Å². The van der Waals surface area contributed by atoms with Crippen LogP contribution >= 0.6 is 0 Å². The lowest BCUT2D eigenvalue weighted by Crippen LogP contribution is -2.40. The third-order valence-electron chi connectivity index (χ3n) is 2.67. The molecule has 0 bridgehead atoms. The Morgan fingerprint density at radius 3 is 2.72 bits per heavy atom. The molecule has 1 aromatic carbocycles. The van der Waals surface area contributed by atoms with E-state index in [4.69, 9.17) is 9.84 Å². The molecule has 0 fully saturated rings. The van der Waals surface area contributed by atoms with Gasteiger partial charge in [0.05, 0.1) is 6.61 Å². The van der Waals surface area contributed by atoms with Gasteiger partial charge in [-0.25, -0.2) is 0 Å². The second-order valence-electron chi connectivity index (χ2n) is 4.52. The fourth-order valence-electron chi connectivity index (χ4n) is 1.75. The molecule has 4 heteroatoms. The number of carbonyl (C=O) groups is 1. The third-order valence-corrected chi connectivity index (χ3v) is 2.67. The summed E-state index contributed by atoms with van der Waals surface area (Å²) in [4.78, 5) is 11.0. The van der Waals surface area contributed by atoms with Crippen LogP contribution in [0.3, 0.4) is 0 Å². The van der Waals surface area contributed by atoms with Gasteiger partial charge in [0, 0.05) is 6.54 Å². The van der Waals surface area contributed by atoms with Gasteiger partial charge in [-0.05, 0) is 30.5 Å². The second kappa shape index (κ2) is 7.01. The van der Waals surface area contributed by atoms with Crippen molar-refractivity contribution in [3.05, 3.63) is 29.8 Å². The molecule has 0 heterocycles. The fourth-order valence-corrected chi connectivity index (χ4v) is 1.75. The molecule has 0 radical (unpaired) electrons. The monoisotopic (exact) mass is 251 g/mol. The summed E-state index contributed by atoms with van der Waals surface area (Å²) in [5.74, 6) is 0.0526. The van der Waals surface area contributed by atoms with E-state index in [-0.39, 0.29) is 5.92 Å². The van der Waals surface area contributed by atoms with Crippen molar-refractivity contribution in [2.24, 2.45) is 5.92 Å². The van der Waals surface area contributed by atoms with Crippen LogP contribution in [-0.2, 0) is 11.3 Å². The quantitative estimate of drug-likeness (QED) is 0.780. The van der Waals surface area contributed by atoms with Crippen LogP contribution in [0.15, 0.2) is 24.3 Å². The number of carboxylic acids is 1. The minimum Gasteiger partial charge on any atom is -0.494 e. The molecule has 0 saturated carbocycles. The summed E-state index contributed by atoms with van der Waals surface area (Å²) >= 11 is 0. The molecule has 0 spiro atoms. The van der Waals surface area contributed by atoms with Crippen molar-refractivity contribution in [1.29, 1.82) is 0 Å². The summed E-state index contributed by atoms with van der Waals surface area (Å²) in [5.41, 5.74) is 1.02. The van der Waals surface area contributed by atoms with Gasteiger partial charge in [0.1, 0.15) is 11.8 Å². The van der Waals surface area contributed by atoms with Crippen LogP contribution in [0.1, 0.15) is 26.3 Å². The van der Waals surface area contributed by atoms with Crippen molar-refractivity contribution in [2.45, 2.75) is 33.4 Å². The third kappa shape index (κ3) is 4.37. The zero-order valence-electron chi connectivity index (χ0n) is 11.1. The van der Waals surface area contributed by atoms with Crippen LogP contribution in [0.5, 0.6) is 5.75 Å². The van der Waals surface area contributed by atoms with E-state index in [1.807, 2.05) is 45.0 Å². The first-order valence-electron chi connectivity index (χ1n) is 6.22. The molecule has 0 saturated heterocycles. The molecule has 0 amide bonds. The van der Waals surface area contributed by atoms with Gasteiger partial charge in [0.15, 0.2) is 0 Å². The predicted molar refractivity (Wildman–Crippen MR) is 70.7 cm³/mol. The molecule has 0 unspecified atom stereocenters. The maximum Gasteiger partial charge on any atom is 0.320 e. The number of hydrogen-bond donors (Lipinski definition) is 2. The van der Waals surface area contributed by atoms with Crippen molar-refractivity contribution in [3.63, 3.8) is 0 Å². The minimum atomic E-state index is -0.814. The average Bonchev–Trinajstić information content (AvgIpc) is 2.29. The Morgan fingerprint density at radius 1 is 1.44 bits per heavy atom. The highest BCUT2D eigenvalue weighted by molar-refractivity contribution is 5.73. The Balaban J connectivity index is 2.61. The summed E-state index contributed by atoms with van der Waals surface area (Å²) in [7, 11) is 0. The van der Waals surface area contributed by atoms with Gasteiger partial charge in [0.2, 0.25) is 0 Å². The highest BCUT2D eigenvalue weighted by atomic mass is 16.5. The lowest BCUT2D eigenvalue weighted by molar-refractivity contribution is -0.140. The highest BCUT2D eigenvalue weighted by Crippen LogP contribution is 2.13. The van der Waals surface area contributed by atoms with E-state index >= 15 is 0 Å². The van der Waals surface area contributed by atoms with Gasteiger partial charge in [-0.1, -0.05) is 26.0 Å². The number of rotatable bonds is 7. The molecule has 1 rings (SSSR count). The molecule has 2 N–H and O–H groups in total. The number of nitrogens with one attached hydrogen (secondary N) is 1. The van der Waals surface area contributed by atoms with Gasteiger partial charge < -0.3 is 15.2 Å². The van der Waals surface area contributed by atoms with E-state index < -0.39 is 12.0 Å². The molecule has 1 atom stereocenters. The zero-order valence-corrected chi connectivity index (χ0v) is 11.1. The number of hydrogen-bond acceptors (Lipinski definition) is 3. The Bertz CT molecular complexity index is 390. The van der Waals surface area contributed by atoms with E-state index in [2.05, 4.69) is 5.32 Å².